The molecule has 0 saturated carbocycles. The predicted octanol–water partition coefficient (Wildman–Crippen LogP) is 3.60. The topological polar surface area (TPSA) is 47.6 Å². The lowest BCUT2D eigenvalue weighted by Crippen LogP contribution is -2.34. The van der Waals surface area contributed by atoms with Crippen molar-refractivity contribution >= 4 is 5.91 Å². The maximum Gasteiger partial charge on any atom is 0.251 e. The molecule has 4 heteroatoms. The van der Waals surface area contributed by atoms with Gasteiger partial charge in [0.2, 0.25) is 0 Å². The van der Waals surface area contributed by atoms with Crippen LogP contribution in [0.25, 0.3) is 0 Å². The van der Waals surface area contributed by atoms with E-state index >= 15 is 0 Å². The Morgan fingerprint density at radius 3 is 2.57 bits per heavy atom. The Kier molecular flexibility index (Phi) is 6.19. The highest BCUT2D eigenvalue weighted by molar-refractivity contribution is 5.94. The molecule has 1 atom stereocenters. The second kappa shape index (κ2) is 7.93. The van der Waals surface area contributed by atoms with Crippen molar-refractivity contribution in [3.8, 4) is 0 Å². The number of carbonyl (C=O) groups is 1. The summed E-state index contributed by atoms with van der Waals surface area (Å²) in [4.78, 5) is 12.2. The maximum atomic E-state index is 12.2. The first-order chi connectivity index (χ1) is 11.0. The van der Waals surface area contributed by atoms with E-state index in [1.54, 1.807) is 0 Å². The van der Waals surface area contributed by atoms with Crippen LogP contribution >= 0.6 is 0 Å². The lowest BCUT2D eigenvalue weighted by molar-refractivity contribution is -0.131. The molecule has 1 N–H and O–H groups in total. The van der Waals surface area contributed by atoms with E-state index in [4.69, 9.17) is 9.47 Å². The summed E-state index contributed by atoms with van der Waals surface area (Å²) in [6, 6.07) is 5.82. The first-order valence-corrected chi connectivity index (χ1v) is 8.55. The Labute approximate surface area is 139 Å². The number of hydrogen-bond acceptors (Lipinski definition) is 3. The molecule has 1 aromatic rings. The summed E-state index contributed by atoms with van der Waals surface area (Å²) in [5.74, 6) is -0.000307. The quantitative estimate of drug-likeness (QED) is 0.781. The van der Waals surface area contributed by atoms with Crippen LogP contribution in [0.3, 0.4) is 0 Å². The molecular weight excluding hydrogens is 290 g/mol. The van der Waals surface area contributed by atoms with Crippen LogP contribution in [0.2, 0.25) is 0 Å². The summed E-state index contributed by atoms with van der Waals surface area (Å²) in [7, 11) is 0. The summed E-state index contributed by atoms with van der Waals surface area (Å²) in [5.41, 5.74) is 3.10. The molecule has 1 aromatic carbocycles. The van der Waals surface area contributed by atoms with Gasteiger partial charge in [-0.05, 0) is 56.4 Å². The average Bonchev–Trinajstić information content (AvgIpc) is 3.09. The number of amides is 1. The van der Waals surface area contributed by atoms with Crippen LogP contribution in [0.5, 0.6) is 0 Å². The summed E-state index contributed by atoms with van der Waals surface area (Å²) in [5, 5.41) is 3.01. The van der Waals surface area contributed by atoms with E-state index in [2.05, 4.69) is 26.1 Å². The zero-order valence-electron chi connectivity index (χ0n) is 14.8. The molecule has 4 nitrogen and oxygen atoms in total. The number of rotatable bonds is 7. The van der Waals surface area contributed by atoms with Crippen molar-refractivity contribution in [2.24, 2.45) is 5.41 Å². The molecule has 1 saturated heterocycles. The van der Waals surface area contributed by atoms with Crippen molar-refractivity contribution < 1.29 is 14.3 Å². The molecule has 0 bridgehead atoms. The fraction of sp³-hybridized carbons (Fsp3) is 0.632. The van der Waals surface area contributed by atoms with Gasteiger partial charge in [0.15, 0.2) is 6.29 Å². The van der Waals surface area contributed by atoms with Gasteiger partial charge in [-0.15, -0.1) is 0 Å². The monoisotopic (exact) mass is 319 g/mol. The molecule has 1 heterocycles. The molecule has 0 aromatic heterocycles. The van der Waals surface area contributed by atoms with E-state index in [0.717, 1.165) is 30.4 Å². The second-order valence-corrected chi connectivity index (χ2v) is 6.74. The van der Waals surface area contributed by atoms with E-state index in [1.165, 1.54) is 5.56 Å². The molecule has 0 spiro atoms. The van der Waals surface area contributed by atoms with E-state index in [-0.39, 0.29) is 17.6 Å². The second-order valence-electron chi connectivity index (χ2n) is 6.74. The average molecular weight is 319 g/mol. The third kappa shape index (κ3) is 4.55. The predicted molar refractivity (Wildman–Crippen MR) is 91.6 cm³/mol. The standard InChI is InChI=1S/C19H29NO3/c1-5-19(4,18-22-11-12-23-18)9-6-10-20-17(21)16-8-7-14(2)15(3)13-16/h7-8,13,18H,5-6,9-12H2,1-4H3,(H,20,21)/t19-/m1/s1. The van der Waals surface area contributed by atoms with E-state index in [0.29, 0.717) is 19.8 Å². The van der Waals surface area contributed by atoms with Crippen LogP contribution in [0, 0.1) is 19.3 Å². The van der Waals surface area contributed by atoms with Crippen LogP contribution in [0.15, 0.2) is 18.2 Å². The van der Waals surface area contributed by atoms with Gasteiger partial charge >= 0.3 is 0 Å². The molecule has 0 aliphatic carbocycles. The lowest BCUT2D eigenvalue weighted by Gasteiger charge is -2.33. The highest BCUT2D eigenvalue weighted by Crippen LogP contribution is 2.35. The van der Waals surface area contributed by atoms with E-state index < -0.39 is 0 Å². The molecular formula is C19H29NO3. The first kappa shape index (κ1) is 18.0. The van der Waals surface area contributed by atoms with Crippen LogP contribution in [0.1, 0.15) is 54.6 Å². The minimum absolute atomic E-state index is 0.000307. The van der Waals surface area contributed by atoms with Crippen LogP contribution in [0.4, 0.5) is 0 Å². The summed E-state index contributed by atoms with van der Waals surface area (Å²) in [6.07, 6.45) is 2.79. The van der Waals surface area contributed by atoms with Gasteiger partial charge in [-0.25, -0.2) is 0 Å². The molecule has 0 radical (unpaired) electrons. The minimum Gasteiger partial charge on any atom is -0.352 e. The Bertz CT molecular complexity index is 537. The molecule has 1 fully saturated rings. The molecule has 2 rings (SSSR count). The summed E-state index contributed by atoms with van der Waals surface area (Å²) < 4.78 is 11.3. The Hall–Kier alpha value is -1.39. The third-order valence-electron chi connectivity index (χ3n) is 4.98. The van der Waals surface area contributed by atoms with Crippen LogP contribution < -0.4 is 5.32 Å². The van der Waals surface area contributed by atoms with Gasteiger partial charge in [0, 0.05) is 17.5 Å². The van der Waals surface area contributed by atoms with Gasteiger partial charge in [-0.2, -0.15) is 0 Å². The molecule has 23 heavy (non-hydrogen) atoms. The smallest absolute Gasteiger partial charge is 0.251 e. The van der Waals surface area contributed by atoms with Gasteiger partial charge in [0.1, 0.15) is 0 Å². The highest BCUT2D eigenvalue weighted by Gasteiger charge is 2.36. The highest BCUT2D eigenvalue weighted by atomic mass is 16.7. The largest absolute Gasteiger partial charge is 0.352 e. The molecule has 1 amide bonds. The Morgan fingerprint density at radius 1 is 1.26 bits per heavy atom. The summed E-state index contributed by atoms with van der Waals surface area (Å²) >= 11 is 0. The van der Waals surface area contributed by atoms with Crippen molar-refractivity contribution in [3.63, 3.8) is 0 Å². The molecule has 1 aliphatic rings. The normalized spacial score (nSPS) is 17.9. The fourth-order valence-electron chi connectivity index (χ4n) is 2.90. The zero-order valence-corrected chi connectivity index (χ0v) is 14.8. The first-order valence-electron chi connectivity index (χ1n) is 8.55. The number of benzene rings is 1. The van der Waals surface area contributed by atoms with Crippen molar-refractivity contribution in [3.05, 3.63) is 34.9 Å². The third-order valence-corrected chi connectivity index (χ3v) is 4.98. The molecule has 0 unspecified atom stereocenters. The van der Waals surface area contributed by atoms with E-state index in [9.17, 15) is 4.79 Å². The van der Waals surface area contributed by atoms with Crippen molar-refractivity contribution in [1.82, 2.24) is 5.32 Å². The number of nitrogens with one attached hydrogen (secondary N) is 1. The zero-order chi connectivity index (χ0) is 16.9. The maximum absolute atomic E-state index is 12.2. The van der Waals surface area contributed by atoms with Gasteiger partial charge in [-0.3, -0.25) is 4.79 Å². The summed E-state index contributed by atoms with van der Waals surface area (Å²) in [6.45, 7) is 10.5. The lowest BCUT2D eigenvalue weighted by atomic mass is 9.82. The van der Waals surface area contributed by atoms with Crippen LogP contribution in [-0.2, 0) is 9.47 Å². The molecule has 1 aliphatic heterocycles. The van der Waals surface area contributed by atoms with Crippen molar-refractivity contribution in [1.29, 1.82) is 0 Å². The number of ether oxygens (including phenoxy) is 2. The van der Waals surface area contributed by atoms with Gasteiger partial charge in [-0.1, -0.05) is 19.9 Å². The van der Waals surface area contributed by atoms with Crippen molar-refractivity contribution in [2.45, 2.75) is 53.2 Å². The van der Waals surface area contributed by atoms with Crippen molar-refractivity contribution in [2.75, 3.05) is 19.8 Å². The minimum atomic E-state index is -0.108. The Balaban J connectivity index is 1.79. The molecule has 128 valence electrons. The van der Waals surface area contributed by atoms with E-state index in [1.807, 2.05) is 25.1 Å². The SMILES string of the molecule is CC[C@](C)(CCCNC(=O)c1ccc(C)c(C)c1)C1OCCO1. The van der Waals surface area contributed by atoms with Gasteiger partial charge in [0.25, 0.3) is 5.91 Å². The van der Waals surface area contributed by atoms with Gasteiger partial charge in [0.05, 0.1) is 13.2 Å². The number of aryl methyl sites for hydroxylation is 2. The fourth-order valence-corrected chi connectivity index (χ4v) is 2.90. The number of carbonyl (C=O) groups excluding carboxylic acids is 1. The van der Waals surface area contributed by atoms with Gasteiger partial charge < -0.3 is 14.8 Å². The number of hydrogen-bond donors (Lipinski definition) is 1. The Morgan fingerprint density at radius 2 is 1.96 bits per heavy atom. The van der Waals surface area contributed by atoms with Crippen LogP contribution in [-0.4, -0.2) is 32.0 Å².